The van der Waals surface area contributed by atoms with Crippen molar-refractivity contribution in [3.05, 3.63) is 101 Å². The molecule has 2 aromatic heterocycles. The van der Waals surface area contributed by atoms with Gasteiger partial charge in [-0.15, -0.1) is 0 Å². The fourth-order valence-corrected chi connectivity index (χ4v) is 6.32. The summed E-state index contributed by atoms with van der Waals surface area (Å²) in [7, 11) is 0. The van der Waals surface area contributed by atoms with Crippen LogP contribution in [0.5, 0.6) is 0 Å². The molecule has 37 heavy (non-hydrogen) atoms. The molecule has 1 aromatic carbocycles. The van der Waals surface area contributed by atoms with Crippen molar-refractivity contribution < 1.29 is 17.4 Å². The van der Waals surface area contributed by atoms with Crippen LogP contribution in [0.25, 0.3) is 43.4 Å². The van der Waals surface area contributed by atoms with Gasteiger partial charge in [-0.1, -0.05) is 120 Å². The first-order valence-electron chi connectivity index (χ1n) is 8.92. The summed E-state index contributed by atoms with van der Waals surface area (Å²) in [6.07, 6.45) is 3.60. The Labute approximate surface area is 263 Å². The molecular formula is C22H12CrN6S8. The van der Waals surface area contributed by atoms with Gasteiger partial charge in [-0.25, -0.2) is 0 Å². The number of benzene rings is 1. The molecule has 6 nitrogen and oxygen atoms in total. The summed E-state index contributed by atoms with van der Waals surface area (Å²) in [6, 6.07) is 12.1. The van der Waals surface area contributed by atoms with Crippen LogP contribution >= 0.6 is 95.9 Å². The maximum atomic E-state index is 7.13. The first-order valence-corrected chi connectivity index (χ1v) is 14.1. The third-order valence-corrected chi connectivity index (χ3v) is 8.10. The molecule has 0 saturated heterocycles. The molecule has 0 spiro atoms. The van der Waals surface area contributed by atoms with Gasteiger partial charge in [0.2, 0.25) is 0 Å². The standard InChI is InChI=1S/C12H8N2.C6H4S4.4CNS.Cr/c1-3-9-5-6-10-4-2-8-14-12(10)11(9)13-7-1;1-2-8-5(7-1)6-9-3-4-10-6;4*2-1-3;/h1-8H;1-4H;;;;;/q;;4*-1;+4. The average molecular weight is 669 g/mol. The molecule has 0 saturated carbocycles. The van der Waals surface area contributed by atoms with Gasteiger partial charge in [0.15, 0.2) is 0 Å². The third kappa shape index (κ3) is 16.1. The van der Waals surface area contributed by atoms with E-state index < -0.39 is 0 Å². The molecule has 184 valence electrons. The Morgan fingerprint density at radius 2 is 0.811 bits per heavy atom. The summed E-state index contributed by atoms with van der Waals surface area (Å²) in [5, 5.41) is 44.7. The van der Waals surface area contributed by atoms with E-state index in [1.807, 2.05) is 59.2 Å². The van der Waals surface area contributed by atoms with E-state index in [-0.39, 0.29) is 17.4 Å². The van der Waals surface area contributed by atoms with Gasteiger partial charge >= 0.3 is 17.4 Å². The number of thioether (sulfide) groups is 4. The normalized spacial score (nSPS) is 11.2. The maximum absolute atomic E-state index is 7.13. The van der Waals surface area contributed by atoms with Crippen molar-refractivity contribution >= 4 is 138 Å². The van der Waals surface area contributed by atoms with Crippen LogP contribution < -0.4 is 0 Å². The predicted octanol–water partition coefficient (Wildman–Crippen LogP) is 9.43. The first kappa shape index (κ1) is 37.5. The van der Waals surface area contributed by atoms with E-state index in [0.717, 1.165) is 21.8 Å². The van der Waals surface area contributed by atoms with Gasteiger partial charge in [-0.3, -0.25) is 9.97 Å². The SMILES string of the molecule is C1=CSC(=C2SC=CS2)S1.[Cr+4].[N-]=C=S.[N-]=C=S.[N-]=C=S.[N-]=C=S.c1cnc2c(c1)ccc1cccnc12. The second-order valence-corrected chi connectivity index (χ2v) is 10.1. The molecule has 0 unspecified atom stereocenters. The number of hydrogen-bond acceptors (Lipinski definition) is 10. The zero-order chi connectivity index (χ0) is 27.0. The number of pyridine rings is 2. The minimum absolute atomic E-state index is 0. The van der Waals surface area contributed by atoms with E-state index in [0.29, 0.717) is 0 Å². The molecule has 0 radical (unpaired) electrons. The van der Waals surface area contributed by atoms with E-state index in [4.69, 9.17) is 21.6 Å². The van der Waals surface area contributed by atoms with Crippen LogP contribution in [0, 0.1) is 0 Å². The van der Waals surface area contributed by atoms with Gasteiger partial charge in [0.05, 0.1) is 19.5 Å². The average Bonchev–Trinajstić information content (AvgIpc) is 3.61. The Hall–Kier alpha value is -1.61. The van der Waals surface area contributed by atoms with Crippen molar-refractivity contribution in [3.63, 3.8) is 0 Å². The molecule has 0 bridgehead atoms. The second-order valence-electron chi connectivity index (χ2n) is 5.17. The Morgan fingerprint density at radius 3 is 1.08 bits per heavy atom. The molecule has 2 aliphatic heterocycles. The minimum Gasteiger partial charge on any atom is -0.753 e. The van der Waals surface area contributed by atoms with Crippen molar-refractivity contribution in [2.24, 2.45) is 0 Å². The van der Waals surface area contributed by atoms with Gasteiger partial charge in [0, 0.05) is 23.2 Å². The monoisotopic (exact) mass is 668 g/mol. The van der Waals surface area contributed by atoms with Crippen LogP contribution in [-0.2, 0) is 17.4 Å². The predicted molar refractivity (Wildman–Crippen MR) is 177 cm³/mol. The maximum Gasteiger partial charge on any atom is 4.00 e. The number of isothiocyanates is 4. The summed E-state index contributed by atoms with van der Waals surface area (Å²) >= 11 is 22.1. The second kappa shape index (κ2) is 26.0. The van der Waals surface area contributed by atoms with E-state index in [9.17, 15) is 0 Å². The smallest absolute Gasteiger partial charge is 0.753 e. The number of aromatic nitrogens is 2. The van der Waals surface area contributed by atoms with Crippen molar-refractivity contribution in [1.29, 1.82) is 0 Å². The molecular weight excluding hydrogens is 657 g/mol. The van der Waals surface area contributed by atoms with Gasteiger partial charge in [0.1, 0.15) is 0 Å². The summed E-state index contributed by atoms with van der Waals surface area (Å²) in [5.74, 6) is 0. The van der Waals surface area contributed by atoms with Crippen LogP contribution in [0.3, 0.4) is 0 Å². The zero-order valence-corrected chi connectivity index (χ0v) is 26.1. The van der Waals surface area contributed by atoms with Gasteiger partial charge < -0.3 is 21.6 Å². The number of nitrogens with zero attached hydrogens (tertiary/aromatic N) is 6. The molecule has 5 rings (SSSR count). The fraction of sp³-hybridized carbons (Fsp3) is 0. The van der Waals surface area contributed by atoms with Gasteiger partial charge in [0.25, 0.3) is 0 Å². The Bertz CT molecular complexity index is 1200. The van der Waals surface area contributed by atoms with Gasteiger partial charge in [-0.05, 0) is 33.8 Å². The number of hydrogen-bond donors (Lipinski definition) is 0. The quantitative estimate of drug-likeness (QED) is 0.130. The molecule has 0 amide bonds. The van der Waals surface area contributed by atoms with E-state index in [1.165, 1.54) is 29.1 Å². The van der Waals surface area contributed by atoms with Crippen molar-refractivity contribution in [2.45, 2.75) is 0 Å². The molecule has 4 heterocycles. The van der Waals surface area contributed by atoms with Gasteiger partial charge in [-0.2, -0.15) is 20.6 Å². The first-order chi connectivity index (χ1) is 17.6. The van der Waals surface area contributed by atoms with Crippen LogP contribution in [0.2, 0.25) is 0 Å². The fourth-order valence-electron chi connectivity index (χ4n) is 2.29. The third-order valence-electron chi connectivity index (χ3n) is 3.32. The van der Waals surface area contributed by atoms with Crippen LogP contribution in [0.15, 0.2) is 78.9 Å². The van der Waals surface area contributed by atoms with Crippen LogP contribution in [-0.4, -0.2) is 30.6 Å². The Morgan fingerprint density at radius 1 is 0.541 bits per heavy atom. The molecule has 0 N–H and O–H groups in total. The molecule has 3 aromatic rings. The molecule has 0 fully saturated rings. The van der Waals surface area contributed by atoms with Crippen LogP contribution in [0.4, 0.5) is 0 Å². The van der Waals surface area contributed by atoms with E-state index >= 15 is 0 Å². The summed E-state index contributed by atoms with van der Waals surface area (Å²) in [6.45, 7) is 0. The van der Waals surface area contributed by atoms with Crippen molar-refractivity contribution in [1.82, 2.24) is 9.97 Å². The van der Waals surface area contributed by atoms with Crippen molar-refractivity contribution in [3.8, 4) is 0 Å². The Balaban J connectivity index is 0. The summed E-state index contributed by atoms with van der Waals surface area (Å²) < 4.78 is 2.86. The summed E-state index contributed by atoms with van der Waals surface area (Å²) in [4.78, 5) is 8.69. The molecule has 0 aliphatic carbocycles. The molecule has 2 aliphatic rings. The molecule has 15 heteroatoms. The summed E-state index contributed by atoms with van der Waals surface area (Å²) in [5.41, 5.74) is 1.95. The number of rotatable bonds is 0. The molecule has 0 atom stereocenters. The minimum atomic E-state index is 0. The van der Waals surface area contributed by atoms with E-state index in [1.54, 1.807) is 12.4 Å². The Kier molecular flexibility index (Phi) is 26.4. The number of thiocarbonyl (C=S) groups is 4. The number of fused-ring (bicyclic) bond motifs is 3. The topological polar surface area (TPSA) is 115 Å². The van der Waals surface area contributed by atoms with Crippen molar-refractivity contribution in [2.75, 3.05) is 0 Å². The largest absolute Gasteiger partial charge is 4.00 e. The van der Waals surface area contributed by atoms with Crippen LogP contribution in [0.1, 0.15) is 0 Å². The van der Waals surface area contributed by atoms with E-state index in [2.05, 4.69) is 105 Å². The zero-order valence-electron chi connectivity index (χ0n) is 18.3.